The minimum absolute atomic E-state index is 0.447. The van der Waals surface area contributed by atoms with Gasteiger partial charge in [0.15, 0.2) is 11.5 Å². The number of carbonyl (C=O) groups is 1. The number of aliphatic carboxylic acids is 1. The minimum Gasteiger partial charge on any atom is -0.486 e. The topological polar surface area (TPSA) is 55.8 Å². The molecular weight excluding hydrogens is 227 g/mol. The summed E-state index contributed by atoms with van der Waals surface area (Å²) in [5.74, 6) is -1.02. The number of alkyl halides is 1. The van der Waals surface area contributed by atoms with Crippen LogP contribution < -0.4 is 9.47 Å². The number of benzene rings is 1. The number of carboxylic acids is 1. The molecule has 4 nitrogen and oxygen atoms in total. The number of hydrogen-bond donors (Lipinski definition) is 1. The summed E-state index contributed by atoms with van der Waals surface area (Å²) in [5.41, 5.74) is 0.587. The van der Waals surface area contributed by atoms with Crippen LogP contribution >= 0.6 is 0 Å². The van der Waals surface area contributed by atoms with Gasteiger partial charge in [-0.1, -0.05) is 13.0 Å². The summed E-state index contributed by atoms with van der Waals surface area (Å²) >= 11 is 0. The molecule has 1 aliphatic rings. The van der Waals surface area contributed by atoms with Crippen LogP contribution in [0.25, 0.3) is 0 Å². The fourth-order valence-electron chi connectivity index (χ4n) is 1.73. The Labute approximate surface area is 98.0 Å². The molecule has 0 bridgehead atoms. The minimum atomic E-state index is -1.92. The van der Waals surface area contributed by atoms with E-state index < -0.39 is 18.1 Å². The summed E-state index contributed by atoms with van der Waals surface area (Å²) in [4.78, 5) is 10.6. The third-order valence-electron chi connectivity index (χ3n) is 2.77. The highest BCUT2D eigenvalue weighted by molar-refractivity contribution is 5.73. The molecule has 0 saturated carbocycles. The first-order chi connectivity index (χ1) is 8.09. The fourth-order valence-corrected chi connectivity index (χ4v) is 1.73. The molecule has 1 aliphatic heterocycles. The SMILES string of the molecule is CC(c1ccc2c(c1)OCCO2)C(F)C(=O)O. The van der Waals surface area contributed by atoms with Gasteiger partial charge >= 0.3 is 5.97 Å². The van der Waals surface area contributed by atoms with Crippen molar-refractivity contribution in [1.82, 2.24) is 0 Å². The summed E-state index contributed by atoms with van der Waals surface area (Å²) in [6.45, 7) is 2.47. The van der Waals surface area contributed by atoms with E-state index in [0.29, 0.717) is 30.3 Å². The highest BCUT2D eigenvalue weighted by Gasteiger charge is 2.26. The van der Waals surface area contributed by atoms with Crippen molar-refractivity contribution < 1.29 is 23.8 Å². The maximum Gasteiger partial charge on any atom is 0.338 e. The number of ether oxygens (including phenoxy) is 2. The second-order valence-corrected chi connectivity index (χ2v) is 3.93. The Bertz CT molecular complexity index is 433. The lowest BCUT2D eigenvalue weighted by atomic mass is 9.96. The van der Waals surface area contributed by atoms with Crippen LogP contribution in [0.1, 0.15) is 18.4 Å². The van der Waals surface area contributed by atoms with E-state index in [9.17, 15) is 9.18 Å². The Hall–Kier alpha value is -1.78. The molecule has 2 atom stereocenters. The Morgan fingerprint density at radius 3 is 2.65 bits per heavy atom. The van der Waals surface area contributed by atoms with Gasteiger partial charge in [0.25, 0.3) is 0 Å². The lowest BCUT2D eigenvalue weighted by molar-refractivity contribution is -0.143. The first kappa shape index (κ1) is 11.7. The fraction of sp³-hybridized carbons (Fsp3) is 0.417. The van der Waals surface area contributed by atoms with E-state index in [1.807, 2.05) is 0 Å². The zero-order valence-corrected chi connectivity index (χ0v) is 9.35. The molecule has 1 aromatic rings. The number of hydrogen-bond acceptors (Lipinski definition) is 3. The smallest absolute Gasteiger partial charge is 0.338 e. The largest absolute Gasteiger partial charge is 0.486 e. The van der Waals surface area contributed by atoms with Gasteiger partial charge in [-0.3, -0.25) is 0 Å². The third-order valence-corrected chi connectivity index (χ3v) is 2.77. The first-order valence-corrected chi connectivity index (χ1v) is 5.36. The number of halogens is 1. The van der Waals surface area contributed by atoms with Crippen molar-refractivity contribution in [3.05, 3.63) is 23.8 Å². The van der Waals surface area contributed by atoms with Crippen molar-refractivity contribution >= 4 is 5.97 Å². The van der Waals surface area contributed by atoms with Gasteiger partial charge in [0.2, 0.25) is 6.17 Å². The quantitative estimate of drug-likeness (QED) is 0.877. The summed E-state index contributed by atoms with van der Waals surface area (Å²) in [5, 5.41) is 8.62. The molecule has 92 valence electrons. The summed E-state index contributed by atoms with van der Waals surface area (Å²) in [6, 6.07) is 4.97. The lowest BCUT2D eigenvalue weighted by Gasteiger charge is -2.21. The molecule has 17 heavy (non-hydrogen) atoms. The van der Waals surface area contributed by atoms with Crippen molar-refractivity contribution in [2.24, 2.45) is 0 Å². The molecule has 2 unspecified atom stereocenters. The molecule has 0 aliphatic carbocycles. The normalized spacial score (nSPS) is 17.3. The average molecular weight is 240 g/mol. The molecule has 0 aromatic heterocycles. The van der Waals surface area contributed by atoms with Crippen LogP contribution in [0, 0.1) is 0 Å². The van der Waals surface area contributed by atoms with Gasteiger partial charge in [0.1, 0.15) is 13.2 Å². The number of carboxylic acid groups (broad SMARTS) is 1. The zero-order chi connectivity index (χ0) is 12.4. The van der Waals surface area contributed by atoms with Crippen molar-refractivity contribution in [2.75, 3.05) is 13.2 Å². The van der Waals surface area contributed by atoms with Crippen molar-refractivity contribution in [1.29, 1.82) is 0 Å². The van der Waals surface area contributed by atoms with E-state index in [4.69, 9.17) is 14.6 Å². The van der Waals surface area contributed by atoms with Crippen molar-refractivity contribution in [2.45, 2.75) is 19.0 Å². The second kappa shape index (κ2) is 4.61. The Morgan fingerprint density at radius 1 is 1.35 bits per heavy atom. The van der Waals surface area contributed by atoms with E-state index >= 15 is 0 Å². The van der Waals surface area contributed by atoms with Gasteiger partial charge < -0.3 is 14.6 Å². The van der Waals surface area contributed by atoms with E-state index in [0.717, 1.165) is 0 Å². The monoisotopic (exact) mass is 240 g/mol. The van der Waals surface area contributed by atoms with Gasteiger partial charge in [0.05, 0.1) is 0 Å². The van der Waals surface area contributed by atoms with E-state index in [2.05, 4.69) is 0 Å². The molecule has 0 saturated heterocycles. The van der Waals surface area contributed by atoms with Crippen LogP contribution in [0.4, 0.5) is 4.39 Å². The van der Waals surface area contributed by atoms with Gasteiger partial charge in [-0.2, -0.15) is 0 Å². The predicted molar refractivity (Wildman–Crippen MR) is 58.4 cm³/mol. The molecule has 1 heterocycles. The van der Waals surface area contributed by atoms with E-state index in [1.54, 1.807) is 18.2 Å². The van der Waals surface area contributed by atoms with Crippen molar-refractivity contribution in [3.63, 3.8) is 0 Å². The average Bonchev–Trinajstić information content (AvgIpc) is 2.36. The summed E-state index contributed by atoms with van der Waals surface area (Å²) in [6.07, 6.45) is -1.92. The predicted octanol–water partition coefficient (Wildman–Crippen LogP) is 1.98. The first-order valence-electron chi connectivity index (χ1n) is 5.36. The molecule has 0 fully saturated rings. The maximum atomic E-state index is 13.4. The number of fused-ring (bicyclic) bond motifs is 1. The maximum absolute atomic E-state index is 13.4. The van der Waals surface area contributed by atoms with Crippen LogP contribution in [0.3, 0.4) is 0 Å². The van der Waals surface area contributed by atoms with Gasteiger partial charge in [-0.05, 0) is 17.7 Å². The Morgan fingerprint density at radius 2 is 2.00 bits per heavy atom. The molecule has 1 aromatic carbocycles. The van der Waals surface area contributed by atoms with Crippen molar-refractivity contribution in [3.8, 4) is 11.5 Å². The molecule has 5 heteroatoms. The van der Waals surface area contributed by atoms with Gasteiger partial charge in [-0.15, -0.1) is 0 Å². The van der Waals surface area contributed by atoms with Crippen LogP contribution in [0.5, 0.6) is 11.5 Å². The zero-order valence-electron chi connectivity index (χ0n) is 9.35. The molecule has 0 amide bonds. The highest BCUT2D eigenvalue weighted by atomic mass is 19.1. The number of rotatable bonds is 3. The second-order valence-electron chi connectivity index (χ2n) is 3.93. The van der Waals surface area contributed by atoms with Crippen LogP contribution in [-0.4, -0.2) is 30.5 Å². The molecule has 1 N–H and O–H groups in total. The molecule has 2 rings (SSSR count). The lowest BCUT2D eigenvalue weighted by Crippen LogP contribution is -2.22. The van der Waals surface area contributed by atoms with E-state index in [1.165, 1.54) is 6.92 Å². The standard InChI is InChI=1S/C12H13FO4/c1-7(11(13)12(14)15)8-2-3-9-10(6-8)17-5-4-16-9/h2-3,6-7,11H,4-5H2,1H3,(H,14,15). The van der Waals surface area contributed by atoms with E-state index in [-0.39, 0.29) is 0 Å². The molecular formula is C12H13FO4. The Balaban J connectivity index is 2.24. The molecule has 0 spiro atoms. The highest BCUT2D eigenvalue weighted by Crippen LogP contribution is 2.34. The van der Waals surface area contributed by atoms with Crippen LogP contribution in [-0.2, 0) is 4.79 Å². The van der Waals surface area contributed by atoms with Crippen LogP contribution in [0.15, 0.2) is 18.2 Å². The van der Waals surface area contributed by atoms with Gasteiger partial charge in [0, 0.05) is 5.92 Å². The van der Waals surface area contributed by atoms with Gasteiger partial charge in [-0.25, -0.2) is 9.18 Å². The third kappa shape index (κ3) is 2.33. The Kier molecular flexibility index (Phi) is 3.17. The summed E-state index contributed by atoms with van der Waals surface area (Å²) in [7, 11) is 0. The molecule has 0 radical (unpaired) electrons. The summed E-state index contributed by atoms with van der Waals surface area (Å²) < 4.78 is 24.1. The van der Waals surface area contributed by atoms with Crippen LogP contribution in [0.2, 0.25) is 0 Å².